The molecule has 14 heavy (non-hydrogen) atoms. The summed E-state index contributed by atoms with van der Waals surface area (Å²) in [6.07, 6.45) is 0. The number of aliphatic imine (C=N–C) groups is 2. The molecule has 0 aliphatic rings. The Hall–Kier alpha value is -1.26. The molecule has 0 aromatic heterocycles. The fourth-order valence-electron chi connectivity index (χ4n) is 1.39. The van der Waals surface area contributed by atoms with Crippen LogP contribution in [0.3, 0.4) is 0 Å². The molecule has 0 saturated carbocycles. The third-order valence-corrected chi connectivity index (χ3v) is 1.80. The normalized spacial score (nSPS) is 12.8. The summed E-state index contributed by atoms with van der Waals surface area (Å²) in [7, 11) is 13.3. The van der Waals surface area contributed by atoms with Gasteiger partial charge in [0.2, 0.25) is 11.9 Å². The SMILES string of the molecule is C/N=C(\N(C)C)N(C)/C(=N/C)N(C)C. The van der Waals surface area contributed by atoms with Crippen LogP contribution < -0.4 is 0 Å². The fraction of sp³-hybridized carbons (Fsp3) is 0.778. The van der Waals surface area contributed by atoms with Crippen LogP contribution in [0, 0.1) is 0 Å². The number of guanidine groups is 2. The molecule has 82 valence electrons. The Kier molecular flexibility index (Phi) is 4.97. The van der Waals surface area contributed by atoms with Crippen LogP contribution in [0.25, 0.3) is 0 Å². The van der Waals surface area contributed by atoms with Gasteiger partial charge in [-0.05, 0) is 0 Å². The summed E-state index contributed by atoms with van der Waals surface area (Å²) < 4.78 is 0. The standard InChI is InChI=1S/C9H21N5/c1-10-8(12(3)4)14(7)9(11-2)13(5)6/h1-7H3/b10-8+,11-9+. The summed E-state index contributed by atoms with van der Waals surface area (Å²) in [5, 5.41) is 0. The quantitative estimate of drug-likeness (QED) is 0.407. The van der Waals surface area contributed by atoms with Crippen molar-refractivity contribution in [2.45, 2.75) is 0 Å². The second-order valence-electron chi connectivity index (χ2n) is 3.40. The van der Waals surface area contributed by atoms with E-state index in [2.05, 4.69) is 9.98 Å². The maximum Gasteiger partial charge on any atom is 0.202 e. The van der Waals surface area contributed by atoms with Crippen LogP contribution in [0.4, 0.5) is 0 Å². The summed E-state index contributed by atoms with van der Waals surface area (Å²) >= 11 is 0. The van der Waals surface area contributed by atoms with Crippen molar-refractivity contribution in [3.05, 3.63) is 0 Å². The zero-order chi connectivity index (χ0) is 11.3. The van der Waals surface area contributed by atoms with E-state index < -0.39 is 0 Å². The second-order valence-corrected chi connectivity index (χ2v) is 3.40. The Balaban J connectivity index is 4.83. The van der Waals surface area contributed by atoms with E-state index in [0.717, 1.165) is 11.9 Å². The first-order valence-corrected chi connectivity index (χ1v) is 4.47. The molecule has 0 unspecified atom stereocenters. The van der Waals surface area contributed by atoms with Crippen molar-refractivity contribution >= 4 is 11.9 Å². The zero-order valence-electron chi connectivity index (χ0n) is 10.2. The summed E-state index contributed by atoms with van der Waals surface area (Å²) in [6.45, 7) is 0. The average Bonchev–Trinajstić information content (AvgIpc) is 2.04. The highest BCUT2D eigenvalue weighted by atomic mass is 15.4. The van der Waals surface area contributed by atoms with Gasteiger partial charge in [-0.2, -0.15) is 0 Å². The Labute approximate surface area is 86.7 Å². The minimum atomic E-state index is 0.874. The van der Waals surface area contributed by atoms with Crippen LogP contribution in [0.5, 0.6) is 0 Å². The first-order chi connectivity index (χ1) is 6.45. The molecule has 0 aliphatic carbocycles. The Morgan fingerprint density at radius 3 is 1.14 bits per heavy atom. The van der Waals surface area contributed by atoms with E-state index in [1.54, 1.807) is 14.1 Å². The third-order valence-electron chi connectivity index (χ3n) is 1.80. The maximum absolute atomic E-state index is 4.20. The molecule has 0 fully saturated rings. The largest absolute Gasteiger partial charge is 0.349 e. The summed E-state index contributed by atoms with van der Waals surface area (Å²) in [5.41, 5.74) is 0. The highest BCUT2D eigenvalue weighted by molar-refractivity contribution is 5.97. The number of rotatable bonds is 0. The van der Waals surface area contributed by atoms with Gasteiger partial charge in [-0.25, -0.2) is 0 Å². The van der Waals surface area contributed by atoms with Crippen molar-refractivity contribution < 1.29 is 0 Å². The smallest absolute Gasteiger partial charge is 0.202 e. The Morgan fingerprint density at radius 2 is 1.00 bits per heavy atom. The molecule has 5 heteroatoms. The lowest BCUT2D eigenvalue weighted by molar-refractivity contribution is 0.474. The van der Waals surface area contributed by atoms with Crippen LogP contribution in [-0.2, 0) is 0 Å². The molecular weight excluding hydrogens is 178 g/mol. The van der Waals surface area contributed by atoms with Gasteiger partial charge in [0.05, 0.1) is 0 Å². The first kappa shape index (κ1) is 12.7. The molecule has 0 heterocycles. The highest BCUT2D eigenvalue weighted by Crippen LogP contribution is 1.96. The predicted octanol–water partition coefficient (Wildman–Crippen LogP) is 0.0130. The van der Waals surface area contributed by atoms with Crippen molar-refractivity contribution in [3.63, 3.8) is 0 Å². The number of hydrogen-bond acceptors (Lipinski definition) is 2. The topological polar surface area (TPSA) is 34.4 Å². The lowest BCUT2D eigenvalue weighted by atomic mass is 10.6. The summed E-state index contributed by atoms with van der Waals surface area (Å²) in [4.78, 5) is 14.2. The van der Waals surface area contributed by atoms with Crippen molar-refractivity contribution in [1.29, 1.82) is 0 Å². The molecule has 0 amide bonds. The average molecular weight is 199 g/mol. The van der Waals surface area contributed by atoms with Gasteiger partial charge in [-0.1, -0.05) is 0 Å². The van der Waals surface area contributed by atoms with E-state index in [0.29, 0.717) is 0 Å². The van der Waals surface area contributed by atoms with E-state index >= 15 is 0 Å². The zero-order valence-corrected chi connectivity index (χ0v) is 10.2. The van der Waals surface area contributed by atoms with Crippen molar-refractivity contribution in [3.8, 4) is 0 Å². The monoisotopic (exact) mass is 199 g/mol. The number of hydrogen-bond donors (Lipinski definition) is 0. The third kappa shape index (κ3) is 2.90. The minimum Gasteiger partial charge on any atom is -0.349 e. The molecule has 0 saturated heterocycles. The van der Waals surface area contributed by atoms with Gasteiger partial charge in [0.25, 0.3) is 0 Å². The van der Waals surface area contributed by atoms with Gasteiger partial charge < -0.3 is 9.80 Å². The molecular formula is C9H21N5. The predicted molar refractivity (Wildman–Crippen MR) is 61.9 cm³/mol. The first-order valence-electron chi connectivity index (χ1n) is 4.47. The van der Waals surface area contributed by atoms with Crippen LogP contribution >= 0.6 is 0 Å². The fourth-order valence-corrected chi connectivity index (χ4v) is 1.39. The maximum atomic E-state index is 4.20. The van der Waals surface area contributed by atoms with E-state index in [4.69, 9.17) is 0 Å². The second kappa shape index (κ2) is 5.47. The molecule has 0 atom stereocenters. The lowest BCUT2D eigenvalue weighted by Gasteiger charge is -2.30. The van der Waals surface area contributed by atoms with Gasteiger partial charge >= 0.3 is 0 Å². The van der Waals surface area contributed by atoms with Gasteiger partial charge in [0, 0.05) is 49.3 Å². The summed E-state index contributed by atoms with van der Waals surface area (Å²) in [5.74, 6) is 1.75. The molecule has 0 N–H and O–H groups in total. The minimum absolute atomic E-state index is 0.874. The van der Waals surface area contributed by atoms with Gasteiger partial charge in [-0.3, -0.25) is 14.9 Å². The number of nitrogens with zero attached hydrogens (tertiary/aromatic N) is 5. The molecule has 0 aromatic carbocycles. The molecule has 5 nitrogen and oxygen atoms in total. The van der Waals surface area contributed by atoms with Crippen LogP contribution in [0.2, 0.25) is 0 Å². The lowest BCUT2D eigenvalue weighted by Crippen LogP contribution is -2.47. The summed E-state index contributed by atoms with van der Waals surface area (Å²) in [6, 6.07) is 0. The van der Waals surface area contributed by atoms with Crippen molar-refractivity contribution in [1.82, 2.24) is 14.7 Å². The molecule has 0 spiro atoms. The van der Waals surface area contributed by atoms with Gasteiger partial charge in [-0.15, -0.1) is 0 Å². The molecule has 0 aromatic rings. The van der Waals surface area contributed by atoms with E-state index in [-0.39, 0.29) is 0 Å². The van der Waals surface area contributed by atoms with Crippen LogP contribution in [0.15, 0.2) is 9.98 Å². The highest BCUT2D eigenvalue weighted by Gasteiger charge is 2.14. The van der Waals surface area contributed by atoms with E-state index in [1.165, 1.54) is 0 Å². The molecule has 0 aliphatic heterocycles. The van der Waals surface area contributed by atoms with E-state index in [9.17, 15) is 0 Å². The molecule has 0 rings (SSSR count). The Bertz CT molecular complexity index is 205. The molecule has 0 bridgehead atoms. The van der Waals surface area contributed by atoms with Crippen LogP contribution in [-0.4, -0.2) is 76.0 Å². The van der Waals surface area contributed by atoms with E-state index in [1.807, 2.05) is 49.9 Å². The van der Waals surface area contributed by atoms with Gasteiger partial charge in [0.1, 0.15) is 0 Å². The van der Waals surface area contributed by atoms with Crippen molar-refractivity contribution in [2.24, 2.45) is 9.98 Å². The Morgan fingerprint density at radius 1 is 0.714 bits per heavy atom. The van der Waals surface area contributed by atoms with Crippen LogP contribution in [0.1, 0.15) is 0 Å². The van der Waals surface area contributed by atoms with Gasteiger partial charge in [0.15, 0.2) is 0 Å². The molecule has 0 radical (unpaired) electrons. The van der Waals surface area contributed by atoms with Crippen molar-refractivity contribution in [2.75, 3.05) is 49.3 Å².